The lowest BCUT2D eigenvalue weighted by Gasteiger charge is -2.41. The van der Waals surface area contributed by atoms with Crippen LogP contribution in [-0.2, 0) is 29.2 Å². The maximum atomic E-state index is 13.9. The van der Waals surface area contributed by atoms with Crippen LogP contribution in [0.5, 0.6) is 0 Å². The molecule has 0 spiro atoms. The molecule has 0 aromatic heterocycles. The Kier molecular flexibility index (Phi) is 16.6. The Bertz CT molecular complexity index is 1020. The number of benzene rings is 1. The molecule has 0 unspecified atom stereocenters. The number of carbonyl (C=O) groups excluding carboxylic acids is 1. The molecule has 10 atom stereocenters. The monoisotopic (exact) mass is 785 g/mol. The van der Waals surface area contributed by atoms with E-state index in [1.54, 1.807) is 0 Å². The highest BCUT2D eigenvalue weighted by Crippen LogP contribution is 2.39. The van der Waals surface area contributed by atoms with Crippen molar-refractivity contribution >= 4 is 28.5 Å². The Labute approximate surface area is 289 Å². The quantitative estimate of drug-likeness (QED) is 0.0851. The van der Waals surface area contributed by atoms with Crippen molar-refractivity contribution in [3.05, 3.63) is 33.4 Å². The van der Waals surface area contributed by atoms with Gasteiger partial charge in [-0.15, -0.1) is 0 Å². The zero-order valence-electron chi connectivity index (χ0n) is 26.9. The summed E-state index contributed by atoms with van der Waals surface area (Å²) in [4.78, 5) is 13.9. The first-order chi connectivity index (χ1) is 22.4. The Hall–Kier alpha value is -1.06. The van der Waals surface area contributed by atoms with Crippen molar-refractivity contribution < 1.29 is 64.6 Å². The predicted octanol–water partition coefficient (Wildman–Crippen LogP) is -0.583. The molecule has 0 bridgehead atoms. The summed E-state index contributed by atoms with van der Waals surface area (Å²) < 4.78 is 23.4. The third-order valence-corrected chi connectivity index (χ3v) is 9.68. The molecule has 15 heteroatoms. The highest BCUT2D eigenvalue weighted by Gasteiger charge is 2.46. The highest BCUT2D eigenvalue weighted by molar-refractivity contribution is 14.1. The fourth-order valence-corrected chi connectivity index (χ4v) is 6.44. The first-order valence-electron chi connectivity index (χ1n) is 16.3. The fourth-order valence-electron chi connectivity index (χ4n) is 6.08. The number of carbonyl (C=O) groups is 1. The maximum Gasteiger partial charge on any atom is 0.221 e. The molecule has 14 nitrogen and oxygen atoms in total. The summed E-state index contributed by atoms with van der Waals surface area (Å²) in [5.74, 6) is -0.324. The van der Waals surface area contributed by atoms with Crippen LogP contribution in [0, 0.1) is 3.57 Å². The number of ether oxygens (including phenoxy) is 4. The van der Waals surface area contributed by atoms with E-state index in [2.05, 4.69) is 53.9 Å². The average molecular weight is 786 g/mol. The van der Waals surface area contributed by atoms with E-state index >= 15 is 0 Å². The fraction of sp³-hybridized carbons (Fsp3) is 0.781. The molecule has 9 N–H and O–H groups in total. The molecule has 47 heavy (non-hydrogen) atoms. The zero-order valence-corrected chi connectivity index (χ0v) is 29.1. The molecule has 0 radical (unpaired) electrons. The van der Waals surface area contributed by atoms with Gasteiger partial charge in [-0.2, -0.15) is 0 Å². The van der Waals surface area contributed by atoms with Crippen LogP contribution in [0.25, 0.3) is 0 Å². The summed E-state index contributed by atoms with van der Waals surface area (Å²) in [5.41, 5.74) is 0.600. The number of aliphatic hydroxyl groups is 8. The molecule has 1 amide bonds. The maximum absolute atomic E-state index is 13.9. The summed E-state index contributed by atoms with van der Waals surface area (Å²) >= 11 is 2.24. The van der Waals surface area contributed by atoms with Gasteiger partial charge in [0.1, 0.15) is 48.8 Å². The molecule has 3 rings (SSSR count). The summed E-state index contributed by atoms with van der Waals surface area (Å²) in [5, 5.41) is 83.6. The predicted molar refractivity (Wildman–Crippen MR) is 176 cm³/mol. The topological polar surface area (TPSA) is 228 Å². The third-order valence-electron chi connectivity index (χ3n) is 8.96. The molecule has 270 valence electrons. The Balaban J connectivity index is 1.82. The van der Waals surface area contributed by atoms with Gasteiger partial charge in [-0.25, -0.2) is 0 Å². The van der Waals surface area contributed by atoms with E-state index < -0.39 is 86.1 Å². The third kappa shape index (κ3) is 10.7. The zero-order chi connectivity index (χ0) is 34.7. The first-order valence-corrected chi connectivity index (χ1v) is 17.4. The van der Waals surface area contributed by atoms with Crippen molar-refractivity contribution in [2.45, 2.75) is 132 Å². The van der Waals surface area contributed by atoms with E-state index in [9.17, 15) is 45.6 Å². The number of hydrogen-bond donors (Lipinski definition) is 9. The van der Waals surface area contributed by atoms with E-state index in [1.807, 2.05) is 12.1 Å². The van der Waals surface area contributed by atoms with E-state index in [0.717, 1.165) is 47.7 Å². The number of nitrogens with one attached hydrogen (secondary N) is 1. The van der Waals surface area contributed by atoms with E-state index in [-0.39, 0.29) is 25.5 Å². The van der Waals surface area contributed by atoms with Crippen molar-refractivity contribution in [1.29, 1.82) is 0 Å². The van der Waals surface area contributed by atoms with E-state index in [0.29, 0.717) is 0 Å². The van der Waals surface area contributed by atoms with Gasteiger partial charge in [0, 0.05) is 15.4 Å². The second-order valence-electron chi connectivity index (χ2n) is 12.5. The van der Waals surface area contributed by atoms with E-state index in [4.69, 9.17) is 18.9 Å². The van der Waals surface area contributed by atoms with Gasteiger partial charge in [0.05, 0.1) is 32.5 Å². The van der Waals surface area contributed by atoms with Gasteiger partial charge in [-0.3, -0.25) is 4.79 Å². The van der Waals surface area contributed by atoms with Gasteiger partial charge in [0.15, 0.2) is 12.6 Å². The number of amides is 1. The number of unbranched alkanes of at least 4 members (excludes halogenated alkanes) is 2. The largest absolute Gasteiger partial charge is 0.394 e. The summed E-state index contributed by atoms with van der Waals surface area (Å²) in [6.07, 6.45) is -9.79. The number of aliphatic hydroxyl groups excluding tert-OH is 8. The minimum atomic E-state index is -1.67. The van der Waals surface area contributed by atoms with Crippen LogP contribution in [0.4, 0.5) is 0 Å². The van der Waals surface area contributed by atoms with Gasteiger partial charge in [-0.1, -0.05) is 51.7 Å². The minimum Gasteiger partial charge on any atom is -0.394 e. The van der Waals surface area contributed by atoms with Gasteiger partial charge < -0.3 is 65.1 Å². The van der Waals surface area contributed by atoms with Crippen LogP contribution >= 0.6 is 22.6 Å². The van der Waals surface area contributed by atoms with Gasteiger partial charge in [0.2, 0.25) is 5.91 Å². The van der Waals surface area contributed by atoms with Crippen molar-refractivity contribution in [1.82, 2.24) is 5.32 Å². The van der Waals surface area contributed by atoms with Crippen LogP contribution < -0.4 is 5.32 Å². The molecule has 2 fully saturated rings. The smallest absolute Gasteiger partial charge is 0.221 e. The van der Waals surface area contributed by atoms with Crippen LogP contribution in [0.2, 0.25) is 0 Å². The number of halogens is 1. The molecule has 1 aromatic carbocycles. The minimum absolute atomic E-state index is 0.143. The van der Waals surface area contributed by atoms with Gasteiger partial charge >= 0.3 is 0 Å². The Morgan fingerprint density at radius 1 is 0.787 bits per heavy atom. The number of hydrogen-bond acceptors (Lipinski definition) is 13. The second-order valence-corrected chi connectivity index (χ2v) is 13.7. The molecule has 2 heterocycles. The first kappa shape index (κ1) is 40.4. The Morgan fingerprint density at radius 2 is 1.23 bits per heavy atom. The van der Waals surface area contributed by atoms with Gasteiger partial charge in [0.25, 0.3) is 0 Å². The molecule has 0 saturated carbocycles. The van der Waals surface area contributed by atoms with Crippen molar-refractivity contribution in [2.24, 2.45) is 0 Å². The van der Waals surface area contributed by atoms with Crippen LogP contribution in [0.3, 0.4) is 0 Å². The SMILES string of the molecule is CCCCC(CCCC)(CC(=O)NC(CO[C@@H]1O[C@H](CO)[C@@H](O)[C@H](O)[C@H]1O)CO[C@@H]1O[C@H](CO)[C@@H](O)[C@H](O)[C@H]1O)c1ccc(I)cc1. The summed E-state index contributed by atoms with van der Waals surface area (Å²) in [7, 11) is 0. The summed E-state index contributed by atoms with van der Waals surface area (Å²) in [6, 6.07) is 7.21. The van der Waals surface area contributed by atoms with Gasteiger partial charge in [-0.05, 0) is 53.1 Å². The van der Waals surface area contributed by atoms with Crippen molar-refractivity contribution in [3.63, 3.8) is 0 Å². The van der Waals surface area contributed by atoms with Crippen LogP contribution in [0.1, 0.15) is 64.4 Å². The lowest BCUT2D eigenvalue weighted by atomic mass is 9.70. The lowest BCUT2D eigenvalue weighted by molar-refractivity contribution is -0.309. The normalized spacial score (nSPS) is 31.7. The van der Waals surface area contributed by atoms with Crippen LogP contribution in [0.15, 0.2) is 24.3 Å². The molecule has 2 aliphatic rings. The summed E-state index contributed by atoms with van der Waals surface area (Å²) in [6.45, 7) is 2.21. The Morgan fingerprint density at radius 3 is 1.64 bits per heavy atom. The highest BCUT2D eigenvalue weighted by atomic mass is 127. The molecule has 1 aromatic rings. The van der Waals surface area contributed by atoms with Crippen molar-refractivity contribution in [3.8, 4) is 0 Å². The molecular weight excluding hydrogens is 733 g/mol. The standard InChI is InChI=1S/C32H52INO13/c1-3-5-11-32(12-6-4-2,18-7-9-19(33)10-8-18)13-23(37)34-20(16-44-30-28(42)26(40)24(38)21(14-35)46-30)17-45-31-29(43)27(41)25(39)22(15-36)47-31/h7-10,20-22,24-31,35-36,38-43H,3-6,11-17H2,1-2H3,(H,34,37)/t21-,22-,24-,25-,26+,27+,28-,29-,30-,31-/m1/s1. The van der Waals surface area contributed by atoms with E-state index in [1.165, 1.54) is 0 Å². The molecule has 2 aliphatic heterocycles. The van der Waals surface area contributed by atoms with Crippen LogP contribution in [-0.4, -0.2) is 141 Å². The lowest BCUT2D eigenvalue weighted by Crippen LogP contribution is -2.60. The molecule has 2 saturated heterocycles. The number of rotatable bonds is 18. The van der Waals surface area contributed by atoms with Crippen molar-refractivity contribution in [2.75, 3.05) is 26.4 Å². The molecule has 0 aliphatic carbocycles. The molecular formula is C32H52INO13. The average Bonchev–Trinajstić information content (AvgIpc) is 3.06. The second kappa shape index (κ2) is 19.4.